The summed E-state index contributed by atoms with van der Waals surface area (Å²) in [5, 5.41) is 11.9. The first-order valence-corrected chi connectivity index (χ1v) is 11.8. The predicted octanol–water partition coefficient (Wildman–Crippen LogP) is 3.67. The summed E-state index contributed by atoms with van der Waals surface area (Å²) < 4.78 is 17.1. The van der Waals surface area contributed by atoms with Crippen molar-refractivity contribution in [2.45, 2.75) is 25.5 Å². The quantitative estimate of drug-likeness (QED) is 0.329. The smallest absolute Gasteiger partial charge is 0.337 e. The molecule has 1 N–H and O–H groups in total. The van der Waals surface area contributed by atoms with E-state index in [0.29, 0.717) is 29.9 Å². The number of anilines is 1. The number of rotatable bonds is 10. The summed E-state index contributed by atoms with van der Waals surface area (Å²) in [6.07, 6.45) is 0. The molecule has 0 bridgehead atoms. The predicted molar refractivity (Wildman–Crippen MR) is 131 cm³/mol. The Morgan fingerprint density at radius 3 is 2.23 bits per heavy atom. The van der Waals surface area contributed by atoms with Gasteiger partial charge in [-0.15, -0.1) is 10.2 Å². The van der Waals surface area contributed by atoms with E-state index in [9.17, 15) is 14.4 Å². The first-order chi connectivity index (χ1) is 16.9. The summed E-state index contributed by atoms with van der Waals surface area (Å²) in [6.45, 7) is 4.99. The van der Waals surface area contributed by atoms with Crippen LogP contribution in [0.5, 0.6) is 5.75 Å². The van der Waals surface area contributed by atoms with Crippen LogP contribution in [0.2, 0.25) is 0 Å². The Hall–Kier alpha value is -3.86. The van der Waals surface area contributed by atoms with E-state index in [2.05, 4.69) is 15.5 Å². The average Bonchev–Trinajstić information content (AvgIpc) is 3.29. The van der Waals surface area contributed by atoms with Crippen LogP contribution in [0.3, 0.4) is 0 Å². The Morgan fingerprint density at radius 1 is 0.971 bits per heavy atom. The highest BCUT2D eigenvalue weighted by atomic mass is 32.2. The zero-order valence-electron chi connectivity index (χ0n) is 19.9. The molecule has 3 aromatic rings. The maximum Gasteiger partial charge on any atom is 0.337 e. The first kappa shape index (κ1) is 25.8. The van der Waals surface area contributed by atoms with Crippen molar-refractivity contribution in [3.8, 4) is 17.1 Å². The summed E-state index contributed by atoms with van der Waals surface area (Å²) >= 11 is 1.22. The van der Waals surface area contributed by atoms with Gasteiger partial charge in [-0.1, -0.05) is 23.9 Å². The maximum atomic E-state index is 12.7. The van der Waals surface area contributed by atoms with Gasteiger partial charge in [-0.25, -0.2) is 9.59 Å². The number of ether oxygens (including phenoxy) is 3. The summed E-state index contributed by atoms with van der Waals surface area (Å²) in [6, 6.07) is 11.8. The Balaban J connectivity index is 1.76. The van der Waals surface area contributed by atoms with Gasteiger partial charge in [-0.05, 0) is 44.2 Å². The van der Waals surface area contributed by atoms with E-state index >= 15 is 0 Å². The van der Waals surface area contributed by atoms with Crippen LogP contribution in [-0.4, -0.2) is 59.2 Å². The first-order valence-electron chi connectivity index (χ1n) is 10.8. The number of nitrogens with zero attached hydrogens (tertiary/aromatic N) is 3. The molecule has 11 heteroatoms. The molecule has 0 saturated heterocycles. The number of methoxy groups -OCH3 is 2. The number of carbonyl (C=O) groups excluding carboxylic acids is 3. The van der Waals surface area contributed by atoms with Gasteiger partial charge in [0.05, 0.1) is 43.3 Å². The molecule has 0 atom stereocenters. The fourth-order valence-corrected chi connectivity index (χ4v) is 4.11. The van der Waals surface area contributed by atoms with Gasteiger partial charge in [0.2, 0.25) is 5.91 Å². The van der Waals surface area contributed by atoms with Crippen molar-refractivity contribution in [3.63, 3.8) is 0 Å². The van der Waals surface area contributed by atoms with Gasteiger partial charge in [-0.3, -0.25) is 4.79 Å². The van der Waals surface area contributed by atoms with Gasteiger partial charge in [0.1, 0.15) is 5.75 Å². The van der Waals surface area contributed by atoms with Gasteiger partial charge in [0.15, 0.2) is 11.0 Å². The zero-order valence-corrected chi connectivity index (χ0v) is 20.7. The topological polar surface area (TPSA) is 122 Å². The van der Waals surface area contributed by atoms with E-state index in [1.54, 1.807) is 0 Å². The second-order valence-corrected chi connectivity index (χ2v) is 8.04. The van der Waals surface area contributed by atoms with Crippen molar-refractivity contribution >= 4 is 35.3 Å². The molecule has 3 rings (SSSR count). The molecule has 0 radical (unpaired) electrons. The SMILES string of the molecule is CCOc1ccccc1-c1nnc(SCC(=O)Nc2cc(C(=O)OC)cc(C(=O)OC)c2)n1CC. The lowest BCUT2D eigenvalue weighted by atomic mass is 10.1. The number of nitrogens with one attached hydrogen (secondary N) is 1. The number of hydrogen-bond acceptors (Lipinski definition) is 9. The maximum absolute atomic E-state index is 12.7. The third kappa shape index (κ3) is 6.18. The third-order valence-electron chi connectivity index (χ3n) is 4.85. The lowest BCUT2D eigenvalue weighted by molar-refractivity contribution is -0.113. The second kappa shape index (κ2) is 12.0. The molecule has 0 spiro atoms. The van der Waals surface area contributed by atoms with Crippen molar-refractivity contribution < 1.29 is 28.6 Å². The standard InChI is InChI=1S/C24H26N4O6S/c1-5-28-21(18-9-7-8-10-19(18)34-6-2)26-27-24(28)35-14-20(29)25-17-12-15(22(30)32-3)11-16(13-17)23(31)33-4/h7-13H,5-6,14H2,1-4H3,(H,25,29). The van der Waals surface area contributed by atoms with Crippen molar-refractivity contribution in [3.05, 3.63) is 53.6 Å². The van der Waals surface area contributed by atoms with E-state index in [4.69, 9.17) is 14.2 Å². The highest BCUT2D eigenvalue weighted by molar-refractivity contribution is 7.99. The monoisotopic (exact) mass is 498 g/mol. The van der Waals surface area contributed by atoms with Crippen LogP contribution in [0.1, 0.15) is 34.6 Å². The molecule has 10 nitrogen and oxygen atoms in total. The van der Waals surface area contributed by atoms with Crippen LogP contribution < -0.4 is 10.1 Å². The molecular formula is C24H26N4O6S. The molecule has 0 unspecified atom stereocenters. The number of hydrogen-bond donors (Lipinski definition) is 1. The van der Waals surface area contributed by atoms with Crippen LogP contribution in [0.15, 0.2) is 47.6 Å². The molecule has 0 aliphatic carbocycles. The minimum atomic E-state index is -0.642. The van der Waals surface area contributed by atoms with Crippen molar-refractivity contribution in [2.75, 3.05) is 31.9 Å². The van der Waals surface area contributed by atoms with Gasteiger partial charge >= 0.3 is 11.9 Å². The van der Waals surface area contributed by atoms with E-state index in [1.807, 2.05) is 42.7 Å². The van der Waals surface area contributed by atoms with Crippen molar-refractivity contribution in [1.29, 1.82) is 0 Å². The number of benzene rings is 2. The largest absolute Gasteiger partial charge is 0.493 e. The van der Waals surface area contributed by atoms with E-state index in [0.717, 1.165) is 5.56 Å². The Bertz CT molecular complexity index is 1190. The summed E-state index contributed by atoms with van der Waals surface area (Å²) in [5.74, 6) is -0.254. The van der Waals surface area contributed by atoms with Gasteiger partial charge < -0.3 is 24.1 Å². The lowest BCUT2D eigenvalue weighted by Crippen LogP contribution is -2.16. The summed E-state index contributed by atoms with van der Waals surface area (Å²) in [4.78, 5) is 36.6. The molecule has 2 aromatic carbocycles. The fourth-order valence-electron chi connectivity index (χ4n) is 3.31. The molecule has 184 valence electrons. The molecular weight excluding hydrogens is 472 g/mol. The Labute approximate surface area is 207 Å². The molecule has 1 heterocycles. The van der Waals surface area contributed by atoms with Gasteiger partial charge in [0, 0.05) is 12.2 Å². The van der Waals surface area contributed by atoms with Crippen LogP contribution in [0.4, 0.5) is 5.69 Å². The highest BCUT2D eigenvalue weighted by Gasteiger charge is 2.19. The Morgan fingerprint density at radius 2 is 1.63 bits per heavy atom. The highest BCUT2D eigenvalue weighted by Crippen LogP contribution is 2.31. The van der Waals surface area contributed by atoms with E-state index in [1.165, 1.54) is 44.2 Å². The molecule has 35 heavy (non-hydrogen) atoms. The number of carbonyl (C=O) groups is 3. The van der Waals surface area contributed by atoms with Crippen LogP contribution >= 0.6 is 11.8 Å². The second-order valence-electron chi connectivity index (χ2n) is 7.10. The van der Waals surface area contributed by atoms with Crippen molar-refractivity contribution in [1.82, 2.24) is 14.8 Å². The van der Waals surface area contributed by atoms with Gasteiger partial charge in [-0.2, -0.15) is 0 Å². The minimum Gasteiger partial charge on any atom is -0.493 e. The molecule has 0 saturated carbocycles. The third-order valence-corrected chi connectivity index (χ3v) is 5.82. The average molecular weight is 499 g/mol. The number of thioether (sulfide) groups is 1. The lowest BCUT2D eigenvalue weighted by Gasteiger charge is -2.12. The number of para-hydroxylation sites is 1. The summed E-state index contributed by atoms with van der Waals surface area (Å²) in [5.41, 5.74) is 1.31. The Kier molecular flexibility index (Phi) is 8.85. The normalized spacial score (nSPS) is 10.5. The molecule has 0 aliphatic rings. The van der Waals surface area contributed by atoms with Crippen LogP contribution in [-0.2, 0) is 20.8 Å². The molecule has 1 amide bonds. The minimum absolute atomic E-state index is 0.0290. The van der Waals surface area contributed by atoms with Crippen molar-refractivity contribution in [2.24, 2.45) is 0 Å². The molecule has 0 fully saturated rings. The van der Waals surface area contributed by atoms with E-state index in [-0.39, 0.29) is 28.5 Å². The van der Waals surface area contributed by atoms with Gasteiger partial charge in [0.25, 0.3) is 0 Å². The number of amides is 1. The number of esters is 2. The zero-order chi connectivity index (χ0) is 25.4. The van der Waals surface area contributed by atoms with E-state index < -0.39 is 11.9 Å². The number of aromatic nitrogens is 3. The van der Waals surface area contributed by atoms with Crippen LogP contribution in [0, 0.1) is 0 Å². The molecule has 0 aliphatic heterocycles. The van der Waals surface area contributed by atoms with Crippen LogP contribution in [0.25, 0.3) is 11.4 Å². The summed E-state index contributed by atoms with van der Waals surface area (Å²) in [7, 11) is 2.46. The molecule has 1 aromatic heterocycles. The fraction of sp³-hybridized carbons (Fsp3) is 0.292.